The molecule has 16 heavy (non-hydrogen) atoms. The van der Waals surface area contributed by atoms with Crippen LogP contribution in [0.5, 0.6) is 5.75 Å². The van der Waals surface area contributed by atoms with Crippen LogP contribution >= 0.6 is 0 Å². The van der Waals surface area contributed by atoms with E-state index >= 15 is 0 Å². The SMILES string of the molecule is O=C(c1ccccc1OC(F)(F)F)C1CC1. The smallest absolute Gasteiger partial charge is 0.405 e. The maximum Gasteiger partial charge on any atom is 0.573 e. The van der Waals surface area contributed by atoms with Crippen molar-refractivity contribution in [3.05, 3.63) is 29.8 Å². The number of Topliss-reactive ketones (excluding diaryl/α,β-unsaturated/α-hetero) is 1. The van der Waals surface area contributed by atoms with Gasteiger partial charge in [0.05, 0.1) is 5.56 Å². The summed E-state index contributed by atoms with van der Waals surface area (Å²) in [6, 6.07) is 5.45. The highest BCUT2D eigenvalue weighted by atomic mass is 19.4. The van der Waals surface area contributed by atoms with Gasteiger partial charge in [-0.15, -0.1) is 13.2 Å². The molecule has 0 bridgehead atoms. The molecule has 0 amide bonds. The molecule has 86 valence electrons. The summed E-state index contributed by atoms with van der Waals surface area (Å²) in [5.74, 6) is -0.801. The van der Waals surface area contributed by atoms with Crippen molar-refractivity contribution < 1.29 is 22.7 Å². The Bertz CT molecular complexity index is 408. The summed E-state index contributed by atoms with van der Waals surface area (Å²) in [6.07, 6.45) is -3.27. The molecule has 1 aromatic carbocycles. The van der Waals surface area contributed by atoms with Crippen LogP contribution in [-0.4, -0.2) is 12.1 Å². The van der Waals surface area contributed by atoms with Crippen LogP contribution in [0, 0.1) is 5.92 Å². The summed E-state index contributed by atoms with van der Waals surface area (Å²) >= 11 is 0. The summed E-state index contributed by atoms with van der Waals surface area (Å²) < 4.78 is 40.0. The highest BCUT2D eigenvalue weighted by molar-refractivity contribution is 6.01. The van der Waals surface area contributed by atoms with Crippen LogP contribution < -0.4 is 4.74 Å². The molecule has 0 atom stereocenters. The normalized spacial score (nSPS) is 15.9. The molecule has 2 rings (SSSR count). The number of carbonyl (C=O) groups is 1. The highest BCUT2D eigenvalue weighted by Crippen LogP contribution is 2.36. The van der Waals surface area contributed by atoms with E-state index in [-0.39, 0.29) is 17.3 Å². The first-order valence-corrected chi connectivity index (χ1v) is 4.86. The van der Waals surface area contributed by atoms with E-state index in [9.17, 15) is 18.0 Å². The first-order valence-electron chi connectivity index (χ1n) is 4.86. The summed E-state index contributed by atoms with van der Waals surface area (Å²) in [6.45, 7) is 0. The third-order valence-electron chi connectivity index (χ3n) is 2.33. The number of carbonyl (C=O) groups excluding carboxylic acids is 1. The minimum atomic E-state index is -4.76. The Balaban J connectivity index is 2.26. The fourth-order valence-corrected chi connectivity index (χ4v) is 1.45. The van der Waals surface area contributed by atoms with Crippen LogP contribution in [0.3, 0.4) is 0 Å². The monoisotopic (exact) mass is 230 g/mol. The number of ether oxygens (including phenoxy) is 1. The molecule has 1 fully saturated rings. The lowest BCUT2D eigenvalue weighted by Crippen LogP contribution is -2.19. The number of halogens is 3. The molecule has 1 saturated carbocycles. The van der Waals surface area contributed by atoms with Crippen molar-refractivity contribution in [2.75, 3.05) is 0 Å². The Morgan fingerprint density at radius 2 is 1.88 bits per heavy atom. The van der Waals surface area contributed by atoms with E-state index in [1.54, 1.807) is 0 Å². The van der Waals surface area contributed by atoms with Gasteiger partial charge in [-0.05, 0) is 25.0 Å². The Kier molecular flexibility index (Phi) is 2.61. The Hall–Kier alpha value is -1.52. The van der Waals surface area contributed by atoms with Crippen LogP contribution in [0.25, 0.3) is 0 Å². The summed E-state index contributed by atoms with van der Waals surface area (Å²) in [7, 11) is 0. The number of ketones is 1. The van der Waals surface area contributed by atoms with Crippen LogP contribution in [0.4, 0.5) is 13.2 Å². The number of benzene rings is 1. The largest absolute Gasteiger partial charge is 0.573 e. The van der Waals surface area contributed by atoms with Crippen LogP contribution in [0.1, 0.15) is 23.2 Å². The first kappa shape index (κ1) is 11.0. The van der Waals surface area contributed by atoms with Gasteiger partial charge in [0.2, 0.25) is 0 Å². The van der Waals surface area contributed by atoms with Gasteiger partial charge in [0.15, 0.2) is 5.78 Å². The predicted octanol–water partition coefficient (Wildman–Crippen LogP) is 3.18. The summed E-state index contributed by atoms with van der Waals surface area (Å²) in [4.78, 5) is 11.7. The maximum atomic E-state index is 12.1. The Morgan fingerprint density at radius 1 is 1.25 bits per heavy atom. The Labute approximate surface area is 90.0 Å². The van der Waals surface area contributed by atoms with Crippen molar-refractivity contribution in [3.63, 3.8) is 0 Å². The molecule has 0 heterocycles. The summed E-state index contributed by atoms with van der Waals surface area (Å²) in [5.41, 5.74) is 0.0160. The van der Waals surface area contributed by atoms with Gasteiger partial charge in [0, 0.05) is 5.92 Å². The molecule has 1 aliphatic carbocycles. The van der Waals surface area contributed by atoms with E-state index in [1.165, 1.54) is 18.2 Å². The molecular weight excluding hydrogens is 221 g/mol. The van der Waals surface area contributed by atoms with Crippen molar-refractivity contribution in [2.24, 2.45) is 5.92 Å². The van der Waals surface area contributed by atoms with E-state index in [1.807, 2.05) is 0 Å². The van der Waals surface area contributed by atoms with Crippen molar-refractivity contribution in [2.45, 2.75) is 19.2 Å². The van der Waals surface area contributed by atoms with Gasteiger partial charge >= 0.3 is 6.36 Å². The van der Waals surface area contributed by atoms with E-state index in [2.05, 4.69) is 4.74 Å². The summed E-state index contributed by atoms with van der Waals surface area (Å²) in [5, 5.41) is 0. The topological polar surface area (TPSA) is 26.3 Å². The highest BCUT2D eigenvalue weighted by Gasteiger charge is 2.36. The van der Waals surface area contributed by atoms with Gasteiger partial charge in [0.1, 0.15) is 5.75 Å². The second kappa shape index (κ2) is 3.81. The van der Waals surface area contributed by atoms with Crippen molar-refractivity contribution in [3.8, 4) is 5.75 Å². The van der Waals surface area contributed by atoms with Crippen LogP contribution in [-0.2, 0) is 0 Å². The maximum absolute atomic E-state index is 12.1. The lowest BCUT2D eigenvalue weighted by molar-refractivity contribution is -0.274. The molecule has 1 aromatic rings. The second-order valence-corrected chi connectivity index (χ2v) is 3.68. The number of para-hydroxylation sites is 1. The molecular formula is C11H9F3O2. The van der Waals surface area contributed by atoms with Crippen LogP contribution in [0.2, 0.25) is 0 Å². The number of hydrogen-bond donors (Lipinski definition) is 0. The standard InChI is InChI=1S/C11H9F3O2/c12-11(13,14)16-9-4-2-1-3-8(9)10(15)7-5-6-7/h1-4,7H,5-6H2. The molecule has 0 saturated heterocycles. The van der Waals surface area contributed by atoms with Gasteiger partial charge in [-0.2, -0.15) is 0 Å². The van der Waals surface area contributed by atoms with Gasteiger partial charge < -0.3 is 4.74 Å². The molecule has 0 N–H and O–H groups in total. The molecule has 1 aliphatic rings. The minimum Gasteiger partial charge on any atom is -0.405 e. The molecule has 0 aliphatic heterocycles. The first-order chi connectivity index (χ1) is 7.47. The molecule has 0 unspecified atom stereocenters. The average molecular weight is 230 g/mol. The van der Waals surface area contributed by atoms with Crippen molar-refractivity contribution in [1.82, 2.24) is 0 Å². The third kappa shape index (κ3) is 2.53. The number of alkyl halides is 3. The van der Waals surface area contributed by atoms with Gasteiger partial charge in [-0.25, -0.2) is 0 Å². The zero-order valence-corrected chi connectivity index (χ0v) is 8.25. The lowest BCUT2D eigenvalue weighted by atomic mass is 10.1. The van der Waals surface area contributed by atoms with E-state index < -0.39 is 12.1 Å². The third-order valence-corrected chi connectivity index (χ3v) is 2.33. The van der Waals surface area contributed by atoms with E-state index in [0.717, 1.165) is 18.9 Å². The number of rotatable bonds is 3. The minimum absolute atomic E-state index is 0.0160. The van der Waals surface area contributed by atoms with E-state index in [0.29, 0.717) is 0 Å². The molecule has 0 radical (unpaired) electrons. The fourth-order valence-electron chi connectivity index (χ4n) is 1.45. The van der Waals surface area contributed by atoms with Gasteiger partial charge in [-0.1, -0.05) is 12.1 Å². The van der Waals surface area contributed by atoms with Crippen molar-refractivity contribution in [1.29, 1.82) is 0 Å². The molecule has 2 nitrogen and oxygen atoms in total. The van der Waals surface area contributed by atoms with Crippen LogP contribution in [0.15, 0.2) is 24.3 Å². The van der Waals surface area contributed by atoms with E-state index in [4.69, 9.17) is 0 Å². The Morgan fingerprint density at radius 3 is 2.44 bits per heavy atom. The van der Waals surface area contributed by atoms with Gasteiger partial charge in [0.25, 0.3) is 0 Å². The predicted molar refractivity (Wildman–Crippen MR) is 50.2 cm³/mol. The van der Waals surface area contributed by atoms with Gasteiger partial charge in [-0.3, -0.25) is 4.79 Å². The quantitative estimate of drug-likeness (QED) is 0.745. The second-order valence-electron chi connectivity index (χ2n) is 3.68. The zero-order valence-electron chi connectivity index (χ0n) is 8.25. The zero-order chi connectivity index (χ0) is 11.8. The van der Waals surface area contributed by atoms with Crippen molar-refractivity contribution >= 4 is 5.78 Å². The fraction of sp³-hybridized carbons (Fsp3) is 0.364. The molecule has 0 spiro atoms. The average Bonchev–Trinajstić information content (AvgIpc) is 2.98. The molecule has 0 aromatic heterocycles. The number of hydrogen-bond acceptors (Lipinski definition) is 2. The lowest BCUT2D eigenvalue weighted by Gasteiger charge is -2.11. The molecule has 5 heteroatoms.